The van der Waals surface area contributed by atoms with E-state index in [2.05, 4.69) is 27.4 Å². The molecule has 0 aliphatic rings. The molecule has 2 aromatic carbocycles. The SMILES string of the molecule is CCCOc1ccc(C=NNc2nc(-c3ccccc3)c(C#N)c(=O)[nH]2)c(C)c1. The van der Waals surface area contributed by atoms with E-state index in [9.17, 15) is 10.1 Å². The van der Waals surface area contributed by atoms with Crippen LogP contribution in [0, 0.1) is 18.3 Å². The van der Waals surface area contributed by atoms with Crippen LogP contribution in [0.15, 0.2) is 58.4 Å². The highest BCUT2D eigenvalue weighted by Gasteiger charge is 2.12. The van der Waals surface area contributed by atoms with Gasteiger partial charge < -0.3 is 4.74 Å². The number of H-pyrrole nitrogens is 1. The van der Waals surface area contributed by atoms with E-state index in [0.717, 1.165) is 23.3 Å². The normalized spacial score (nSPS) is 10.7. The van der Waals surface area contributed by atoms with Crippen molar-refractivity contribution in [1.29, 1.82) is 5.26 Å². The molecular formula is C22H21N5O2. The Morgan fingerprint density at radius 1 is 1.28 bits per heavy atom. The lowest BCUT2D eigenvalue weighted by atomic mass is 10.1. The van der Waals surface area contributed by atoms with Gasteiger partial charge in [-0.15, -0.1) is 0 Å². The Labute approximate surface area is 168 Å². The fourth-order valence-electron chi connectivity index (χ4n) is 2.70. The Balaban J connectivity index is 1.82. The number of aromatic amines is 1. The summed E-state index contributed by atoms with van der Waals surface area (Å²) in [5.74, 6) is 0.977. The fourth-order valence-corrected chi connectivity index (χ4v) is 2.70. The fraction of sp³-hybridized carbons (Fsp3) is 0.182. The predicted octanol–water partition coefficient (Wildman–Crippen LogP) is 3.85. The number of aromatic nitrogens is 2. The molecule has 1 heterocycles. The van der Waals surface area contributed by atoms with Crippen molar-refractivity contribution in [3.05, 3.63) is 75.6 Å². The third kappa shape index (κ3) is 4.87. The lowest BCUT2D eigenvalue weighted by Crippen LogP contribution is -2.16. The summed E-state index contributed by atoms with van der Waals surface area (Å²) in [4.78, 5) is 19.1. The number of hydrogen-bond donors (Lipinski definition) is 2. The van der Waals surface area contributed by atoms with Gasteiger partial charge in [0.2, 0.25) is 5.95 Å². The van der Waals surface area contributed by atoms with Crippen LogP contribution in [0.3, 0.4) is 0 Å². The lowest BCUT2D eigenvalue weighted by molar-refractivity contribution is 0.317. The van der Waals surface area contributed by atoms with Crippen molar-refractivity contribution in [3.63, 3.8) is 0 Å². The van der Waals surface area contributed by atoms with Crippen LogP contribution in [0.25, 0.3) is 11.3 Å². The molecule has 2 N–H and O–H groups in total. The Morgan fingerprint density at radius 3 is 2.76 bits per heavy atom. The summed E-state index contributed by atoms with van der Waals surface area (Å²) >= 11 is 0. The van der Waals surface area contributed by atoms with E-state index in [0.29, 0.717) is 17.9 Å². The standard InChI is InChI=1S/C22H21N5O2/c1-3-11-29-18-10-9-17(15(2)12-18)14-24-27-22-25-20(16-7-5-4-6-8-16)19(13-23)21(28)26-22/h4-10,12,14H,3,11H2,1-2H3,(H2,25,26,27,28). The van der Waals surface area contributed by atoms with E-state index in [1.807, 2.05) is 49.4 Å². The van der Waals surface area contributed by atoms with Gasteiger partial charge in [0.1, 0.15) is 17.4 Å². The molecule has 0 unspecified atom stereocenters. The first-order valence-corrected chi connectivity index (χ1v) is 9.24. The van der Waals surface area contributed by atoms with Crippen molar-refractivity contribution in [1.82, 2.24) is 9.97 Å². The van der Waals surface area contributed by atoms with Gasteiger partial charge in [0.15, 0.2) is 0 Å². The van der Waals surface area contributed by atoms with Crippen LogP contribution in [-0.2, 0) is 0 Å². The number of hydrazone groups is 1. The predicted molar refractivity (Wildman–Crippen MR) is 113 cm³/mol. The van der Waals surface area contributed by atoms with Crippen LogP contribution in [0.4, 0.5) is 5.95 Å². The number of ether oxygens (including phenoxy) is 1. The van der Waals surface area contributed by atoms with Crippen LogP contribution >= 0.6 is 0 Å². The molecule has 7 nitrogen and oxygen atoms in total. The van der Waals surface area contributed by atoms with Crippen molar-refractivity contribution in [2.45, 2.75) is 20.3 Å². The van der Waals surface area contributed by atoms with Gasteiger partial charge in [-0.2, -0.15) is 10.4 Å². The first kappa shape index (κ1) is 19.8. The summed E-state index contributed by atoms with van der Waals surface area (Å²) in [6, 6.07) is 16.7. The molecule has 3 aromatic rings. The zero-order valence-electron chi connectivity index (χ0n) is 16.3. The van der Waals surface area contributed by atoms with Gasteiger partial charge in [0.25, 0.3) is 5.56 Å². The highest BCUT2D eigenvalue weighted by atomic mass is 16.5. The number of nitriles is 1. The van der Waals surface area contributed by atoms with Crippen molar-refractivity contribution < 1.29 is 4.74 Å². The topological polar surface area (TPSA) is 103 Å². The number of benzene rings is 2. The molecule has 3 rings (SSSR count). The Morgan fingerprint density at radius 2 is 2.07 bits per heavy atom. The molecule has 7 heteroatoms. The maximum absolute atomic E-state index is 12.3. The number of hydrogen-bond acceptors (Lipinski definition) is 6. The van der Waals surface area contributed by atoms with Gasteiger partial charge in [-0.25, -0.2) is 10.4 Å². The molecule has 0 spiro atoms. The minimum Gasteiger partial charge on any atom is -0.494 e. The zero-order chi connectivity index (χ0) is 20.6. The maximum atomic E-state index is 12.3. The lowest BCUT2D eigenvalue weighted by Gasteiger charge is -2.07. The number of rotatable bonds is 7. The zero-order valence-corrected chi connectivity index (χ0v) is 16.3. The van der Waals surface area contributed by atoms with Crippen molar-refractivity contribution >= 4 is 12.2 Å². The molecule has 29 heavy (non-hydrogen) atoms. The number of aryl methyl sites for hydroxylation is 1. The second-order valence-electron chi connectivity index (χ2n) is 6.35. The Kier molecular flexibility index (Phi) is 6.38. The van der Waals surface area contributed by atoms with E-state index >= 15 is 0 Å². The summed E-state index contributed by atoms with van der Waals surface area (Å²) in [6.07, 6.45) is 2.59. The molecule has 0 bridgehead atoms. The molecule has 0 saturated carbocycles. The highest BCUT2D eigenvalue weighted by Crippen LogP contribution is 2.19. The first-order chi connectivity index (χ1) is 14.1. The molecule has 0 radical (unpaired) electrons. The van der Waals surface area contributed by atoms with E-state index in [1.54, 1.807) is 18.3 Å². The average Bonchev–Trinajstić information content (AvgIpc) is 2.74. The van der Waals surface area contributed by atoms with Gasteiger partial charge in [0, 0.05) is 5.56 Å². The summed E-state index contributed by atoms with van der Waals surface area (Å²) < 4.78 is 5.62. The third-order valence-electron chi connectivity index (χ3n) is 4.17. The van der Waals surface area contributed by atoms with E-state index < -0.39 is 5.56 Å². The summed E-state index contributed by atoms with van der Waals surface area (Å²) in [6.45, 7) is 4.70. The summed E-state index contributed by atoms with van der Waals surface area (Å²) in [5, 5.41) is 13.5. The number of anilines is 1. The van der Waals surface area contributed by atoms with E-state index in [-0.39, 0.29) is 11.5 Å². The largest absolute Gasteiger partial charge is 0.494 e. The number of nitrogens with one attached hydrogen (secondary N) is 2. The minimum atomic E-state index is -0.521. The second-order valence-corrected chi connectivity index (χ2v) is 6.35. The van der Waals surface area contributed by atoms with E-state index in [4.69, 9.17) is 4.74 Å². The average molecular weight is 387 g/mol. The summed E-state index contributed by atoms with van der Waals surface area (Å²) in [5.41, 5.74) is 5.08. The molecule has 0 atom stereocenters. The van der Waals surface area contributed by atoms with E-state index in [1.165, 1.54) is 0 Å². The Hall–Kier alpha value is -3.92. The van der Waals surface area contributed by atoms with Gasteiger partial charge in [0.05, 0.1) is 18.5 Å². The molecule has 0 saturated heterocycles. The van der Waals surface area contributed by atoms with Crippen molar-refractivity contribution in [2.24, 2.45) is 5.10 Å². The molecule has 0 fully saturated rings. The second kappa shape index (κ2) is 9.33. The molecule has 0 aliphatic carbocycles. The van der Waals surface area contributed by atoms with Gasteiger partial charge >= 0.3 is 0 Å². The molecule has 0 amide bonds. The Bertz CT molecular complexity index is 1110. The monoisotopic (exact) mass is 387 g/mol. The smallest absolute Gasteiger partial charge is 0.270 e. The molecule has 1 aromatic heterocycles. The van der Waals surface area contributed by atoms with Crippen LogP contribution in [-0.4, -0.2) is 22.8 Å². The number of nitrogens with zero attached hydrogens (tertiary/aromatic N) is 3. The van der Waals surface area contributed by atoms with Crippen molar-refractivity contribution in [3.8, 4) is 23.1 Å². The van der Waals surface area contributed by atoms with Gasteiger partial charge in [-0.1, -0.05) is 37.3 Å². The van der Waals surface area contributed by atoms with Crippen molar-refractivity contribution in [2.75, 3.05) is 12.0 Å². The van der Waals surface area contributed by atoms with Crippen LogP contribution in [0.5, 0.6) is 5.75 Å². The minimum absolute atomic E-state index is 0.0377. The third-order valence-corrected chi connectivity index (χ3v) is 4.17. The quantitative estimate of drug-likeness (QED) is 0.473. The van der Waals surface area contributed by atoms with Gasteiger partial charge in [-0.05, 0) is 42.7 Å². The van der Waals surface area contributed by atoms with Gasteiger partial charge in [-0.3, -0.25) is 9.78 Å². The molecular weight excluding hydrogens is 366 g/mol. The summed E-state index contributed by atoms with van der Waals surface area (Å²) in [7, 11) is 0. The van der Waals surface area contributed by atoms with Crippen LogP contribution < -0.4 is 15.7 Å². The highest BCUT2D eigenvalue weighted by molar-refractivity contribution is 5.82. The molecule has 146 valence electrons. The maximum Gasteiger partial charge on any atom is 0.270 e. The van der Waals surface area contributed by atoms with Crippen LogP contribution in [0.2, 0.25) is 0 Å². The first-order valence-electron chi connectivity index (χ1n) is 9.24. The molecule has 0 aliphatic heterocycles. The van der Waals surface area contributed by atoms with Crippen LogP contribution in [0.1, 0.15) is 30.0 Å².